The van der Waals surface area contributed by atoms with Gasteiger partial charge in [0.25, 0.3) is 0 Å². The Morgan fingerprint density at radius 2 is 2.20 bits per heavy atom. The highest BCUT2D eigenvalue weighted by Gasteiger charge is 2.04. The minimum atomic E-state index is 0.748. The van der Waals surface area contributed by atoms with Crippen molar-refractivity contribution in [1.82, 2.24) is 14.8 Å². The molecule has 3 N–H and O–H groups in total. The summed E-state index contributed by atoms with van der Waals surface area (Å²) in [6.45, 7) is 3.61. The number of rotatable bonds is 4. The van der Waals surface area contributed by atoms with E-state index < -0.39 is 0 Å². The van der Waals surface area contributed by atoms with E-state index in [0.29, 0.717) is 0 Å². The normalized spacial score (nSPS) is 10.8. The summed E-state index contributed by atoms with van der Waals surface area (Å²) in [5, 5.41) is 8.68. The fraction of sp³-hybridized carbons (Fsp3) is 0.200. The van der Waals surface area contributed by atoms with Crippen LogP contribution in [0.5, 0.6) is 0 Å². The van der Waals surface area contributed by atoms with E-state index in [9.17, 15) is 0 Å². The Morgan fingerprint density at radius 1 is 1.30 bits per heavy atom. The van der Waals surface area contributed by atoms with Crippen molar-refractivity contribution in [2.45, 2.75) is 13.5 Å². The summed E-state index contributed by atoms with van der Waals surface area (Å²) in [5.41, 5.74) is 9.63. The molecule has 2 aromatic heterocycles. The van der Waals surface area contributed by atoms with Crippen molar-refractivity contribution in [2.24, 2.45) is 0 Å². The molecule has 5 heteroatoms. The van der Waals surface area contributed by atoms with Gasteiger partial charge in [0.05, 0.1) is 12.1 Å². The lowest BCUT2D eigenvalue weighted by Gasteiger charge is -2.11. The van der Waals surface area contributed by atoms with Crippen molar-refractivity contribution in [3.05, 3.63) is 48.4 Å². The molecule has 0 saturated heterocycles. The SMILES string of the molecule is Cc1cc(NCCn2cccn2)c2cc(N)ccc2n1. The quantitative estimate of drug-likeness (QED) is 0.712. The summed E-state index contributed by atoms with van der Waals surface area (Å²) in [5.74, 6) is 0. The molecule has 20 heavy (non-hydrogen) atoms. The maximum atomic E-state index is 5.87. The van der Waals surface area contributed by atoms with E-state index in [4.69, 9.17) is 5.73 Å². The molecule has 0 fully saturated rings. The van der Waals surface area contributed by atoms with Gasteiger partial charge in [0.2, 0.25) is 0 Å². The summed E-state index contributed by atoms with van der Waals surface area (Å²) in [7, 11) is 0. The van der Waals surface area contributed by atoms with E-state index in [1.54, 1.807) is 6.20 Å². The smallest absolute Gasteiger partial charge is 0.0727 e. The highest BCUT2D eigenvalue weighted by Crippen LogP contribution is 2.25. The number of hydrogen-bond acceptors (Lipinski definition) is 4. The molecule has 0 bridgehead atoms. The van der Waals surface area contributed by atoms with E-state index in [1.807, 2.05) is 48.1 Å². The molecule has 0 aliphatic rings. The molecule has 0 spiro atoms. The van der Waals surface area contributed by atoms with E-state index >= 15 is 0 Å². The predicted molar refractivity (Wildman–Crippen MR) is 81.6 cm³/mol. The number of fused-ring (bicyclic) bond motifs is 1. The fourth-order valence-corrected chi connectivity index (χ4v) is 2.26. The molecule has 0 aliphatic carbocycles. The largest absolute Gasteiger partial charge is 0.399 e. The summed E-state index contributed by atoms with van der Waals surface area (Å²) in [4.78, 5) is 4.52. The molecule has 102 valence electrons. The van der Waals surface area contributed by atoms with Crippen LogP contribution >= 0.6 is 0 Å². The van der Waals surface area contributed by atoms with Crippen molar-refractivity contribution in [3.8, 4) is 0 Å². The van der Waals surface area contributed by atoms with Crippen LogP contribution in [-0.2, 0) is 6.54 Å². The average molecular weight is 267 g/mol. The molecule has 0 aliphatic heterocycles. The van der Waals surface area contributed by atoms with Crippen LogP contribution in [0.1, 0.15) is 5.69 Å². The number of nitrogens with one attached hydrogen (secondary N) is 1. The minimum absolute atomic E-state index is 0.748. The molecule has 2 heterocycles. The summed E-state index contributed by atoms with van der Waals surface area (Å²) in [6, 6.07) is 9.76. The van der Waals surface area contributed by atoms with Gasteiger partial charge in [-0.1, -0.05) is 0 Å². The van der Waals surface area contributed by atoms with E-state index in [1.165, 1.54) is 0 Å². The number of nitrogen functional groups attached to an aromatic ring is 1. The summed E-state index contributed by atoms with van der Waals surface area (Å²) in [6.07, 6.45) is 3.74. The highest BCUT2D eigenvalue weighted by molar-refractivity contribution is 5.93. The van der Waals surface area contributed by atoms with Crippen LogP contribution in [0.15, 0.2) is 42.7 Å². The second-order valence-electron chi connectivity index (χ2n) is 4.78. The van der Waals surface area contributed by atoms with Crippen LogP contribution in [0.4, 0.5) is 11.4 Å². The second-order valence-corrected chi connectivity index (χ2v) is 4.78. The van der Waals surface area contributed by atoms with Crippen LogP contribution in [0, 0.1) is 6.92 Å². The number of nitrogens with zero attached hydrogens (tertiary/aromatic N) is 3. The van der Waals surface area contributed by atoms with Gasteiger partial charge in [-0.2, -0.15) is 5.10 Å². The maximum Gasteiger partial charge on any atom is 0.0727 e. The molecule has 3 rings (SSSR count). The number of anilines is 2. The zero-order valence-electron chi connectivity index (χ0n) is 11.4. The van der Waals surface area contributed by atoms with Gasteiger partial charge in [0.1, 0.15) is 0 Å². The first-order valence-corrected chi connectivity index (χ1v) is 6.60. The van der Waals surface area contributed by atoms with E-state index in [0.717, 1.165) is 41.1 Å². The van der Waals surface area contributed by atoms with Gasteiger partial charge in [-0.05, 0) is 37.3 Å². The summed E-state index contributed by atoms with van der Waals surface area (Å²) < 4.78 is 1.90. The number of nitrogens with two attached hydrogens (primary N) is 1. The molecule has 3 aromatic rings. The molecule has 0 unspecified atom stereocenters. The number of pyridine rings is 1. The third-order valence-electron chi connectivity index (χ3n) is 3.18. The molecule has 0 atom stereocenters. The third kappa shape index (κ3) is 2.56. The van der Waals surface area contributed by atoms with Gasteiger partial charge in [-0.25, -0.2) is 0 Å². The van der Waals surface area contributed by atoms with Crippen molar-refractivity contribution in [1.29, 1.82) is 0 Å². The second kappa shape index (κ2) is 5.21. The molecule has 0 amide bonds. The zero-order chi connectivity index (χ0) is 13.9. The molecular formula is C15H17N5. The van der Waals surface area contributed by atoms with Crippen LogP contribution in [0.3, 0.4) is 0 Å². The Labute approximate surface area is 117 Å². The zero-order valence-corrected chi connectivity index (χ0v) is 11.4. The Kier molecular flexibility index (Phi) is 3.25. The highest BCUT2D eigenvalue weighted by atomic mass is 15.3. The minimum Gasteiger partial charge on any atom is -0.399 e. The molecular weight excluding hydrogens is 250 g/mol. The Hall–Kier alpha value is -2.56. The van der Waals surface area contributed by atoms with Crippen molar-refractivity contribution >= 4 is 22.3 Å². The molecule has 0 radical (unpaired) electrons. The van der Waals surface area contributed by atoms with Crippen LogP contribution < -0.4 is 11.1 Å². The maximum absolute atomic E-state index is 5.87. The first kappa shape index (κ1) is 12.5. The topological polar surface area (TPSA) is 68.8 Å². The van der Waals surface area contributed by atoms with Crippen LogP contribution in [0.2, 0.25) is 0 Å². The summed E-state index contributed by atoms with van der Waals surface area (Å²) >= 11 is 0. The van der Waals surface area contributed by atoms with Gasteiger partial charge >= 0.3 is 0 Å². The first-order valence-electron chi connectivity index (χ1n) is 6.60. The number of hydrogen-bond donors (Lipinski definition) is 2. The predicted octanol–water partition coefficient (Wildman–Crippen LogP) is 2.43. The van der Waals surface area contributed by atoms with E-state index in [-0.39, 0.29) is 0 Å². The van der Waals surface area contributed by atoms with E-state index in [2.05, 4.69) is 15.4 Å². The van der Waals surface area contributed by atoms with Crippen molar-refractivity contribution < 1.29 is 0 Å². The lowest BCUT2D eigenvalue weighted by atomic mass is 10.1. The van der Waals surface area contributed by atoms with Crippen LogP contribution in [0.25, 0.3) is 10.9 Å². The lowest BCUT2D eigenvalue weighted by molar-refractivity contribution is 0.638. The monoisotopic (exact) mass is 267 g/mol. The average Bonchev–Trinajstić information content (AvgIpc) is 2.92. The van der Waals surface area contributed by atoms with Gasteiger partial charge in [-0.15, -0.1) is 0 Å². The Balaban J connectivity index is 1.84. The van der Waals surface area contributed by atoms with Gasteiger partial charge < -0.3 is 11.1 Å². The molecule has 1 aromatic carbocycles. The first-order chi connectivity index (χ1) is 9.72. The fourth-order valence-electron chi connectivity index (χ4n) is 2.26. The lowest BCUT2D eigenvalue weighted by Crippen LogP contribution is -2.11. The molecule has 0 saturated carbocycles. The van der Waals surface area contributed by atoms with Crippen molar-refractivity contribution in [2.75, 3.05) is 17.6 Å². The number of benzene rings is 1. The van der Waals surface area contributed by atoms with Crippen LogP contribution in [-0.4, -0.2) is 21.3 Å². The third-order valence-corrected chi connectivity index (χ3v) is 3.18. The Morgan fingerprint density at radius 3 is 3.00 bits per heavy atom. The molecule has 5 nitrogen and oxygen atoms in total. The van der Waals surface area contributed by atoms with Gasteiger partial charge in [0.15, 0.2) is 0 Å². The van der Waals surface area contributed by atoms with Gasteiger partial charge in [-0.3, -0.25) is 9.67 Å². The van der Waals surface area contributed by atoms with Gasteiger partial charge in [0, 0.05) is 41.4 Å². The Bertz CT molecular complexity index is 718. The number of aryl methyl sites for hydroxylation is 1. The van der Waals surface area contributed by atoms with Crippen molar-refractivity contribution in [3.63, 3.8) is 0 Å². The standard InChI is InChI=1S/C15H17N5/c1-11-9-15(17-6-8-20-7-2-5-18-20)13-10-12(16)3-4-14(13)19-11/h2-5,7,9-10H,6,8,16H2,1H3,(H,17,19). The number of aromatic nitrogens is 3.